The standard InChI is InChI=1S/C20H29FN4O2/c1-24-10-12-25(13-11-24)18(15-6-8-16(21)9-7-15)14-22-19(26)20(27)23-17-4-2-3-5-17/h6-9,17-18H,2-5,10-14H2,1H3,(H,22,26)(H,23,27)/t18-/m1/s1. The van der Waals surface area contributed by atoms with Gasteiger partial charge in [-0.15, -0.1) is 0 Å². The van der Waals surface area contributed by atoms with Crippen molar-refractivity contribution in [2.45, 2.75) is 37.8 Å². The number of carbonyl (C=O) groups excluding carboxylic acids is 2. The lowest BCUT2D eigenvalue weighted by atomic mass is 10.0. The van der Waals surface area contributed by atoms with Gasteiger partial charge in [-0.25, -0.2) is 4.39 Å². The normalized spacial score (nSPS) is 20.4. The van der Waals surface area contributed by atoms with E-state index in [1.54, 1.807) is 12.1 Å². The average molecular weight is 376 g/mol. The SMILES string of the molecule is CN1CCN([C@H](CNC(=O)C(=O)NC2CCCC2)c2ccc(F)cc2)CC1. The van der Waals surface area contributed by atoms with Crippen LogP contribution in [0.15, 0.2) is 24.3 Å². The van der Waals surface area contributed by atoms with Gasteiger partial charge in [-0.1, -0.05) is 25.0 Å². The topological polar surface area (TPSA) is 64.7 Å². The van der Waals surface area contributed by atoms with Gasteiger partial charge in [-0.05, 0) is 37.6 Å². The molecular weight excluding hydrogens is 347 g/mol. The first kappa shape index (κ1) is 19.8. The number of likely N-dealkylation sites (N-methyl/N-ethyl adjacent to an activating group) is 1. The number of halogens is 1. The Kier molecular flexibility index (Phi) is 6.79. The van der Waals surface area contributed by atoms with E-state index in [0.29, 0.717) is 6.54 Å². The van der Waals surface area contributed by atoms with E-state index in [9.17, 15) is 14.0 Å². The van der Waals surface area contributed by atoms with Gasteiger partial charge in [0.05, 0.1) is 6.04 Å². The van der Waals surface area contributed by atoms with Crippen LogP contribution in [-0.4, -0.2) is 67.4 Å². The van der Waals surface area contributed by atoms with Crippen LogP contribution in [0.5, 0.6) is 0 Å². The predicted octanol–water partition coefficient (Wildman–Crippen LogP) is 1.29. The van der Waals surface area contributed by atoms with Crippen molar-refractivity contribution in [3.63, 3.8) is 0 Å². The lowest BCUT2D eigenvalue weighted by molar-refractivity contribution is -0.139. The lowest BCUT2D eigenvalue weighted by Gasteiger charge is -2.38. The number of hydrogen-bond donors (Lipinski definition) is 2. The fraction of sp³-hybridized carbons (Fsp3) is 0.600. The Hall–Kier alpha value is -1.99. The van der Waals surface area contributed by atoms with Crippen molar-refractivity contribution in [2.24, 2.45) is 0 Å². The molecule has 1 aliphatic carbocycles. The van der Waals surface area contributed by atoms with Gasteiger partial charge in [0.25, 0.3) is 0 Å². The molecule has 1 saturated heterocycles. The molecule has 2 aliphatic rings. The summed E-state index contributed by atoms with van der Waals surface area (Å²) in [6.45, 7) is 3.93. The number of piperazine rings is 1. The van der Waals surface area contributed by atoms with Crippen molar-refractivity contribution in [3.05, 3.63) is 35.6 Å². The van der Waals surface area contributed by atoms with Crippen LogP contribution in [0.25, 0.3) is 0 Å². The van der Waals surface area contributed by atoms with Crippen molar-refractivity contribution in [3.8, 4) is 0 Å². The second kappa shape index (κ2) is 9.28. The quantitative estimate of drug-likeness (QED) is 0.760. The summed E-state index contributed by atoms with van der Waals surface area (Å²) in [4.78, 5) is 28.9. The predicted molar refractivity (Wildman–Crippen MR) is 102 cm³/mol. The highest BCUT2D eigenvalue weighted by atomic mass is 19.1. The highest BCUT2D eigenvalue weighted by molar-refractivity contribution is 6.35. The Morgan fingerprint density at radius 1 is 1.07 bits per heavy atom. The maximum Gasteiger partial charge on any atom is 0.309 e. The molecule has 0 radical (unpaired) electrons. The third-order valence-corrected chi connectivity index (χ3v) is 5.59. The molecule has 148 valence electrons. The second-order valence-corrected chi connectivity index (χ2v) is 7.57. The highest BCUT2D eigenvalue weighted by Crippen LogP contribution is 2.22. The minimum absolute atomic E-state index is 0.0810. The number of hydrogen-bond acceptors (Lipinski definition) is 4. The first-order valence-corrected chi connectivity index (χ1v) is 9.79. The van der Waals surface area contributed by atoms with Crippen molar-refractivity contribution >= 4 is 11.8 Å². The van der Waals surface area contributed by atoms with Gasteiger partial charge in [0.2, 0.25) is 0 Å². The summed E-state index contributed by atoms with van der Waals surface area (Å²) in [5.41, 5.74) is 0.942. The molecule has 0 aromatic heterocycles. The van der Waals surface area contributed by atoms with Gasteiger partial charge in [-0.2, -0.15) is 0 Å². The number of nitrogens with one attached hydrogen (secondary N) is 2. The van der Waals surface area contributed by atoms with Crippen LogP contribution in [0.1, 0.15) is 37.3 Å². The fourth-order valence-electron chi connectivity index (χ4n) is 3.87. The van der Waals surface area contributed by atoms with E-state index in [1.807, 2.05) is 0 Å². The Bertz CT molecular complexity index is 638. The van der Waals surface area contributed by atoms with E-state index in [1.165, 1.54) is 12.1 Å². The van der Waals surface area contributed by atoms with Crippen LogP contribution in [0.2, 0.25) is 0 Å². The smallest absolute Gasteiger partial charge is 0.309 e. The number of carbonyl (C=O) groups is 2. The van der Waals surface area contributed by atoms with E-state index in [-0.39, 0.29) is 17.9 Å². The Labute approximate surface area is 160 Å². The zero-order valence-corrected chi connectivity index (χ0v) is 15.9. The molecule has 6 nitrogen and oxygen atoms in total. The zero-order valence-electron chi connectivity index (χ0n) is 15.9. The number of nitrogens with zero attached hydrogens (tertiary/aromatic N) is 2. The van der Waals surface area contributed by atoms with E-state index < -0.39 is 11.8 Å². The summed E-state index contributed by atoms with van der Waals surface area (Å²) in [5.74, 6) is -1.43. The monoisotopic (exact) mass is 376 g/mol. The molecule has 1 heterocycles. The van der Waals surface area contributed by atoms with Crippen LogP contribution in [0.3, 0.4) is 0 Å². The lowest BCUT2D eigenvalue weighted by Crippen LogP contribution is -2.50. The summed E-state index contributed by atoms with van der Waals surface area (Å²) < 4.78 is 13.3. The Morgan fingerprint density at radius 3 is 2.33 bits per heavy atom. The summed E-state index contributed by atoms with van der Waals surface area (Å²) in [6, 6.07) is 6.42. The number of amides is 2. The molecule has 2 fully saturated rings. The first-order chi connectivity index (χ1) is 13.0. The van der Waals surface area contributed by atoms with Gasteiger partial charge in [0, 0.05) is 38.8 Å². The molecule has 1 aliphatic heterocycles. The Morgan fingerprint density at radius 2 is 1.70 bits per heavy atom. The highest BCUT2D eigenvalue weighted by Gasteiger charge is 2.26. The molecule has 1 atom stereocenters. The Balaban J connectivity index is 1.61. The molecule has 0 bridgehead atoms. The van der Waals surface area contributed by atoms with Gasteiger partial charge >= 0.3 is 11.8 Å². The molecule has 7 heteroatoms. The largest absolute Gasteiger partial charge is 0.346 e. The molecule has 3 rings (SSSR count). The minimum Gasteiger partial charge on any atom is -0.346 e. The van der Waals surface area contributed by atoms with Crippen molar-refractivity contribution < 1.29 is 14.0 Å². The molecular formula is C20H29FN4O2. The molecule has 0 unspecified atom stereocenters. The van der Waals surface area contributed by atoms with E-state index in [4.69, 9.17) is 0 Å². The summed E-state index contributed by atoms with van der Waals surface area (Å²) in [7, 11) is 2.08. The second-order valence-electron chi connectivity index (χ2n) is 7.57. The molecule has 1 aromatic rings. The number of rotatable bonds is 5. The van der Waals surface area contributed by atoms with Gasteiger partial charge < -0.3 is 15.5 Å². The van der Waals surface area contributed by atoms with Crippen LogP contribution in [0.4, 0.5) is 4.39 Å². The summed E-state index contributed by atoms with van der Waals surface area (Å²) in [6.07, 6.45) is 4.09. The molecule has 27 heavy (non-hydrogen) atoms. The van der Waals surface area contributed by atoms with E-state index >= 15 is 0 Å². The van der Waals surface area contributed by atoms with Gasteiger partial charge in [0.15, 0.2) is 0 Å². The molecule has 0 spiro atoms. The van der Waals surface area contributed by atoms with E-state index in [0.717, 1.165) is 57.4 Å². The maximum absolute atomic E-state index is 13.3. The average Bonchev–Trinajstić information content (AvgIpc) is 3.17. The van der Waals surface area contributed by atoms with Gasteiger partial charge in [0.1, 0.15) is 5.82 Å². The van der Waals surface area contributed by atoms with Crippen LogP contribution < -0.4 is 10.6 Å². The first-order valence-electron chi connectivity index (χ1n) is 9.79. The van der Waals surface area contributed by atoms with E-state index in [2.05, 4.69) is 27.5 Å². The van der Waals surface area contributed by atoms with Crippen molar-refractivity contribution in [2.75, 3.05) is 39.8 Å². The third kappa shape index (κ3) is 5.49. The molecule has 1 aromatic carbocycles. The van der Waals surface area contributed by atoms with Crippen LogP contribution in [0, 0.1) is 5.82 Å². The molecule has 2 N–H and O–H groups in total. The summed E-state index contributed by atoms with van der Waals surface area (Å²) >= 11 is 0. The molecule has 2 amide bonds. The fourth-order valence-corrected chi connectivity index (χ4v) is 3.87. The van der Waals surface area contributed by atoms with Crippen LogP contribution in [-0.2, 0) is 9.59 Å². The zero-order chi connectivity index (χ0) is 19.2. The van der Waals surface area contributed by atoms with Crippen molar-refractivity contribution in [1.29, 1.82) is 0 Å². The van der Waals surface area contributed by atoms with Gasteiger partial charge in [-0.3, -0.25) is 14.5 Å². The van der Waals surface area contributed by atoms with Crippen LogP contribution >= 0.6 is 0 Å². The summed E-state index contributed by atoms with van der Waals surface area (Å²) in [5, 5.41) is 5.59. The molecule has 1 saturated carbocycles. The minimum atomic E-state index is -0.594. The third-order valence-electron chi connectivity index (χ3n) is 5.59. The number of benzene rings is 1. The van der Waals surface area contributed by atoms with Crippen molar-refractivity contribution in [1.82, 2.24) is 20.4 Å². The maximum atomic E-state index is 13.3.